The molecule has 1 fully saturated rings. The Kier molecular flexibility index (Phi) is 2.84. The summed E-state index contributed by atoms with van der Waals surface area (Å²) in [6.45, 7) is 3.10. The Morgan fingerprint density at radius 1 is 1.10 bits per heavy atom. The first kappa shape index (κ1) is 11.8. The van der Waals surface area contributed by atoms with E-state index in [9.17, 15) is 0 Å². The van der Waals surface area contributed by atoms with Crippen LogP contribution in [0.4, 0.5) is 0 Å². The Morgan fingerprint density at radius 3 is 2.95 bits per heavy atom. The van der Waals surface area contributed by atoms with Crippen molar-refractivity contribution in [2.24, 2.45) is 4.99 Å². The van der Waals surface area contributed by atoms with Gasteiger partial charge in [0.1, 0.15) is 0 Å². The maximum Gasteiger partial charge on any atom is 0.194 e. The topological polar surface area (TPSA) is 27.6 Å². The predicted octanol–water partition coefficient (Wildman–Crippen LogP) is 2.94. The summed E-state index contributed by atoms with van der Waals surface area (Å²) in [5.74, 6) is 1.10. The van der Waals surface area contributed by atoms with Crippen LogP contribution in [-0.2, 0) is 0 Å². The van der Waals surface area contributed by atoms with Gasteiger partial charge in [0.25, 0.3) is 0 Å². The lowest BCUT2D eigenvalue weighted by Crippen LogP contribution is -2.51. The first-order valence-electron chi connectivity index (χ1n) is 7.45. The van der Waals surface area contributed by atoms with Crippen molar-refractivity contribution in [3.63, 3.8) is 0 Å². The Morgan fingerprint density at radius 2 is 2.00 bits per heavy atom. The van der Waals surface area contributed by atoms with E-state index in [1.807, 2.05) is 0 Å². The summed E-state index contributed by atoms with van der Waals surface area (Å²) in [7, 11) is 0. The number of guanidine groups is 1. The van der Waals surface area contributed by atoms with Gasteiger partial charge in [0.2, 0.25) is 0 Å². The van der Waals surface area contributed by atoms with Gasteiger partial charge in [-0.2, -0.15) is 0 Å². The molecule has 2 aliphatic heterocycles. The standard InChI is InChI=1S/C17H19N3/c1-2-5-14-12-15(7-6-13(14)4-1)16-8-10-19-17-18-9-3-11-20(16)17/h1-2,4-7,12,16H,3,8-11H2,(H,18,19). The van der Waals surface area contributed by atoms with E-state index in [1.165, 1.54) is 22.8 Å². The van der Waals surface area contributed by atoms with E-state index in [4.69, 9.17) is 0 Å². The van der Waals surface area contributed by atoms with Crippen molar-refractivity contribution in [1.82, 2.24) is 10.2 Å². The molecule has 4 rings (SSSR count). The number of nitrogens with one attached hydrogen (secondary N) is 1. The van der Waals surface area contributed by atoms with Gasteiger partial charge < -0.3 is 10.2 Å². The number of hydrogen-bond acceptors (Lipinski definition) is 3. The van der Waals surface area contributed by atoms with Gasteiger partial charge in [0.15, 0.2) is 5.96 Å². The van der Waals surface area contributed by atoms with E-state index < -0.39 is 0 Å². The molecule has 0 bridgehead atoms. The number of fused-ring (bicyclic) bond motifs is 2. The Labute approximate surface area is 119 Å². The summed E-state index contributed by atoms with van der Waals surface area (Å²) in [5, 5.41) is 6.08. The van der Waals surface area contributed by atoms with Crippen LogP contribution < -0.4 is 5.32 Å². The van der Waals surface area contributed by atoms with E-state index >= 15 is 0 Å². The number of benzene rings is 2. The monoisotopic (exact) mass is 265 g/mol. The minimum atomic E-state index is 0.472. The van der Waals surface area contributed by atoms with Crippen LogP contribution in [0.1, 0.15) is 24.4 Å². The van der Waals surface area contributed by atoms with Crippen molar-refractivity contribution in [2.75, 3.05) is 19.6 Å². The van der Waals surface area contributed by atoms with Crippen LogP contribution in [-0.4, -0.2) is 30.5 Å². The normalized spacial score (nSPS) is 22.1. The van der Waals surface area contributed by atoms with Crippen molar-refractivity contribution in [2.45, 2.75) is 18.9 Å². The molecule has 0 radical (unpaired) electrons. The quantitative estimate of drug-likeness (QED) is 0.858. The molecule has 2 aromatic rings. The molecule has 0 spiro atoms. The van der Waals surface area contributed by atoms with Gasteiger partial charge in [-0.15, -0.1) is 0 Å². The SMILES string of the molecule is c1ccc2cc(C3CCN=C4NCCCN43)ccc2c1. The molecule has 2 heterocycles. The molecule has 20 heavy (non-hydrogen) atoms. The van der Waals surface area contributed by atoms with E-state index in [-0.39, 0.29) is 0 Å². The van der Waals surface area contributed by atoms with Gasteiger partial charge in [0.05, 0.1) is 6.04 Å². The highest BCUT2D eigenvalue weighted by atomic mass is 15.3. The summed E-state index contributed by atoms with van der Waals surface area (Å²) in [6, 6.07) is 15.9. The van der Waals surface area contributed by atoms with Crippen molar-refractivity contribution in [3.8, 4) is 0 Å². The highest BCUT2D eigenvalue weighted by molar-refractivity contribution is 5.84. The minimum absolute atomic E-state index is 0.472. The number of rotatable bonds is 1. The van der Waals surface area contributed by atoms with Crippen molar-refractivity contribution in [3.05, 3.63) is 48.0 Å². The largest absolute Gasteiger partial charge is 0.356 e. The zero-order valence-electron chi connectivity index (χ0n) is 11.5. The molecule has 0 aliphatic carbocycles. The summed E-state index contributed by atoms with van der Waals surface area (Å²) in [4.78, 5) is 7.06. The molecule has 2 aliphatic rings. The van der Waals surface area contributed by atoms with Gasteiger partial charge in [0, 0.05) is 19.6 Å². The lowest BCUT2D eigenvalue weighted by Gasteiger charge is -2.40. The molecule has 0 saturated carbocycles. The lowest BCUT2D eigenvalue weighted by atomic mass is 9.97. The maximum atomic E-state index is 4.62. The van der Waals surface area contributed by atoms with Crippen LogP contribution >= 0.6 is 0 Å². The highest BCUT2D eigenvalue weighted by Gasteiger charge is 2.28. The van der Waals surface area contributed by atoms with Gasteiger partial charge in [-0.1, -0.05) is 36.4 Å². The van der Waals surface area contributed by atoms with Gasteiger partial charge in [-0.05, 0) is 35.2 Å². The molecule has 1 N–H and O–H groups in total. The summed E-state index contributed by atoms with van der Waals surface area (Å²) in [5.41, 5.74) is 1.42. The highest BCUT2D eigenvalue weighted by Crippen LogP contribution is 2.30. The zero-order chi connectivity index (χ0) is 13.4. The van der Waals surface area contributed by atoms with Crippen LogP contribution in [0.25, 0.3) is 10.8 Å². The third kappa shape index (κ3) is 1.94. The van der Waals surface area contributed by atoms with E-state index in [1.54, 1.807) is 0 Å². The van der Waals surface area contributed by atoms with E-state index in [0.717, 1.165) is 32.0 Å². The Balaban J connectivity index is 1.72. The number of aliphatic imine (C=N–C) groups is 1. The first-order valence-corrected chi connectivity index (χ1v) is 7.45. The third-order valence-corrected chi connectivity index (χ3v) is 4.33. The lowest BCUT2D eigenvalue weighted by molar-refractivity contribution is 0.256. The second kappa shape index (κ2) is 4.82. The fourth-order valence-corrected chi connectivity index (χ4v) is 3.32. The molecule has 0 amide bonds. The minimum Gasteiger partial charge on any atom is -0.356 e. The van der Waals surface area contributed by atoms with Gasteiger partial charge in [-0.25, -0.2) is 0 Å². The van der Waals surface area contributed by atoms with Crippen LogP contribution in [0.15, 0.2) is 47.5 Å². The van der Waals surface area contributed by atoms with Gasteiger partial charge in [-0.3, -0.25) is 4.99 Å². The van der Waals surface area contributed by atoms with E-state index in [0.29, 0.717) is 6.04 Å². The Bertz CT molecular complexity index is 662. The first-order chi connectivity index (χ1) is 9.92. The average Bonchev–Trinajstić information content (AvgIpc) is 2.54. The number of hydrogen-bond donors (Lipinski definition) is 1. The molecular formula is C17H19N3. The average molecular weight is 265 g/mol. The summed E-state index contributed by atoms with van der Waals surface area (Å²) in [6.07, 6.45) is 2.31. The van der Waals surface area contributed by atoms with Crippen molar-refractivity contribution in [1.29, 1.82) is 0 Å². The van der Waals surface area contributed by atoms with Crippen LogP contribution in [0, 0.1) is 0 Å². The maximum absolute atomic E-state index is 4.62. The fraction of sp³-hybridized carbons (Fsp3) is 0.353. The molecule has 2 aromatic carbocycles. The van der Waals surface area contributed by atoms with E-state index in [2.05, 4.69) is 57.7 Å². The zero-order valence-corrected chi connectivity index (χ0v) is 11.5. The van der Waals surface area contributed by atoms with Gasteiger partial charge >= 0.3 is 0 Å². The third-order valence-electron chi connectivity index (χ3n) is 4.33. The second-order valence-electron chi connectivity index (χ2n) is 5.59. The molecule has 3 heteroatoms. The second-order valence-corrected chi connectivity index (χ2v) is 5.59. The molecule has 0 aromatic heterocycles. The predicted molar refractivity (Wildman–Crippen MR) is 82.9 cm³/mol. The molecule has 3 nitrogen and oxygen atoms in total. The number of nitrogens with zero attached hydrogens (tertiary/aromatic N) is 2. The molecular weight excluding hydrogens is 246 g/mol. The summed E-state index contributed by atoms with van der Waals surface area (Å²) < 4.78 is 0. The molecule has 1 unspecified atom stereocenters. The molecule has 1 atom stereocenters. The van der Waals surface area contributed by atoms with Crippen molar-refractivity contribution >= 4 is 16.7 Å². The fourth-order valence-electron chi connectivity index (χ4n) is 3.32. The molecule has 1 saturated heterocycles. The smallest absolute Gasteiger partial charge is 0.194 e. The molecule has 102 valence electrons. The Hall–Kier alpha value is -2.03. The van der Waals surface area contributed by atoms with Crippen molar-refractivity contribution < 1.29 is 0 Å². The van der Waals surface area contributed by atoms with Crippen LogP contribution in [0.5, 0.6) is 0 Å². The summed E-state index contributed by atoms with van der Waals surface area (Å²) >= 11 is 0. The van der Waals surface area contributed by atoms with Crippen LogP contribution in [0.2, 0.25) is 0 Å². The van der Waals surface area contributed by atoms with Crippen LogP contribution in [0.3, 0.4) is 0 Å².